The predicted molar refractivity (Wildman–Crippen MR) is 127 cm³/mol. The summed E-state index contributed by atoms with van der Waals surface area (Å²) in [5, 5.41) is 3.17. The van der Waals surface area contributed by atoms with Crippen LogP contribution < -0.4 is 5.32 Å². The van der Waals surface area contributed by atoms with Gasteiger partial charge in [0, 0.05) is 25.6 Å². The van der Waals surface area contributed by atoms with Crippen LogP contribution in [0.25, 0.3) is 0 Å². The molecule has 0 saturated carbocycles. The van der Waals surface area contributed by atoms with E-state index in [9.17, 15) is 4.79 Å². The summed E-state index contributed by atoms with van der Waals surface area (Å²) in [5.41, 5.74) is 5.22. The molecule has 166 valence electrons. The molecule has 2 aromatic rings. The number of likely N-dealkylation sites (tertiary alicyclic amines) is 2. The molecule has 1 N–H and O–H groups in total. The SMILES string of the molecule is Cc1ccc(CN2CCC(C(=O)NCc3ccc(CN4CCCCC4)cc3)CC2)cc1. The molecule has 2 aliphatic rings. The highest BCUT2D eigenvalue weighted by atomic mass is 16.1. The van der Waals surface area contributed by atoms with E-state index in [2.05, 4.69) is 70.6 Å². The number of rotatable bonds is 7. The molecule has 0 spiro atoms. The van der Waals surface area contributed by atoms with Crippen LogP contribution in [0.2, 0.25) is 0 Å². The van der Waals surface area contributed by atoms with Crippen molar-refractivity contribution in [2.24, 2.45) is 5.92 Å². The normalized spacial score (nSPS) is 18.7. The van der Waals surface area contributed by atoms with E-state index in [-0.39, 0.29) is 11.8 Å². The van der Waals surface area contributed by atoms with Crippen LogP contribution in [0, 0.1) is 12.8 Å². The van der Waals surface area contributed by atoms with Crippen molar-refractivity contribution in [1.82, 2.24) is 15.1 Å². The van der Waals surface area contributed by atoms with E-state index in [1.807, 2.05) is 0 Å². The summed E-state index contributed by atoms with van der Waals surface area (Å²) in [6.07, 6.45) is 5.93. The molecule has 0 atom stereocenters. The monoisotopic (exact) mass is 419 g/mol. The third-order valence-corrected chi connectivity index (χ3v) is 6.83. The quantitative estimate of drug-likeness (QED) is 0.717. The van der Waals surface area contributed by atoms with E-state index < -0.39 is 0 Å². The van der Waals surface area contributed by atoms with Crippen molar-refractivity contribution in [3.05, 3.63) is 70.8 Å². The number of hydrogen-bond acceptors (Lipinski definition) is 3. The van der Waals surface area contributed by atoms with Crippen LogP contribution >= 0.6 is 0 Å². The molecule has 0 unspecified atom stereocenters. The summed E-state index contributed by atoms with van der Waals surface area (Å²) in [6.45, 7) is 9.23. The van der Waals surface area contributed by atoms with Crippen LogP contribution in [0.15, 0.2) is 48.5 Å². The molecule has 0 aromatic heterocycles. The van der Waals surface area contributed by atoms with E-state index in [1.54, 1.807) is 0 Å². The standard InChI is InChI=1S/C27H37N3O/c1-22-5-7-24(8-6-22)21-30-17-13-26(14-18-30)27(31)28-19-23-9-11-25(12-10-23)20-29-15-3-2-4-16-29/h5-12,26H,2-4,13-21H2,1H3,(H,28,31). The van der Waals surface area contributed by atoms with Gasteiger partial charge in [-0.15, -0.1) is 0 Å². The van der Waals surface area contributed by atoms with Gasteiger partial charge in [0.2, 0.25) is 5.91 Å². The molecule has 2 aliphatic heterocycles. The number of nitrogens with one attached hydrogen (secondary N) is 1. The van der Waals surface area contributed by atoms with Crippen molar-refractivity contribution in [2.75, 3.05) is 26.2 Å². The number of carbonyl (C=O) groups excluding carboxylic acids is 1. The maximum absolute atomic E-state index is 12.7. The summed E-state index contributed by atoms with van der Waals surface area (Å²) in [6, 6.07) is 17.6. The third kappa shape index (κ3) is 6.65. The van der Waals surface area contributed by atoms with Gasteiger partial charge in [0.1, 0.15) is 0 Å². The minimum atomic E-state index is 0.146. The molecular formula is C27H37N3O. The Labute approximate surface area is 187 Å². The fraction of sp³-hybridized carbons (Fsp3) is 0.519. The average Bonchev–Trinajstić information content (AvgIpc) is 2.81. The van der Waals surface area contributed by atoms with Gasteiger partial charge in [0.25, 0.3) is 0 Å². The fourth-order valence-electron chi connectivity index (χ4n) is 4.78. The predicted octanol–water partition coefficient (Wildman–Crippen LogP) is 4.51. The van der Waals surface area contributed by atoms with Crippen LogP contribution in [0.5, 0.6) is 0 Å². The van der Waals surface area contributed by atoms with Crippen LogP contribution in [0.1, 0.15) is 54.4 Å². The van der Waals surface area contributed by atoms with Crippen molar-refractivity contribution in [3.63, 3.8) is 0 Å². The lowest BCUT2D eigenvalue weighted by molar-refractivity contribution is -0.126. The Morgan fingerprint density at radius 2 is 1.29 bits per heavy atom. The number of benzene rings is 2. The largest absolute Gasteiger partial charge is 0.352 e. The Kier molecular flexibility index (Phi) is 7.76. The molecule has 31 heavy (non-hydrogen) atoms. The van der Waals surface area contributed by atoms with Crippen molar-refractivity contribution in [3.8, 4) is 0 Å². The number of carbonyl (C=O) groups is 1. The Bertz CT molecular complexity index is 817. The molecule has 4 rings (SSSR count). The first-order chi connectivity index (χ1) is 15.2. The summed E-state index contributed by atoms with van der Waals surface area (Å²) in [7, 11) is 0. The fourth-order valence-corrected chi connectivity index (χ4v) is 4.78. The lowest BCUT2D eigenvalue weighted by atomic mass is 9.95. The number of hydrogen-bond donors (Lipinski definition) is 1. The Morgan fingerprint density at radius 1 is 0.774 bits per heavy atom. The van der Waals surface area contributed by atoms with Gasteiger partial charge in [0.15, 0.2) is 0 Å². The zero-order valence-corrected chi connectivity index (χ0v) is 19.0. The van der Waals surface area contributed by atoms with Crippen LogP contribution in [-0.2, 0) is 24.4 Å². The molecule has 2 aromatic carbocycles. The number of amides is 1. The Balaban J connectivity index is 1.17. The number of aryl methyl sites for hydroxylation is 1. The molecule has 4 heteroatoms. The highest BCUT2D eigenvalue weighted by Gasteiger charge is 2.24. The second-order valence-electron chi connectivity index (χ2n) is 9.41. The Hall–Kier alpha value is -2.17. The van der Waals surface area contributed by atoms with Crippen molar-refractivity contribution < 1.29 is 4.79 Å². The molecule has 2 saturated heterocycles. The molecule has 0 radical (unpaired) electrons. The first-order valence-corrected chi connectivity index (χ1v) is 12.0. The van der Waals surface area contributed by atoms with Crippen LogP contribution in [-0.4, -0.2) is 41.9 Å². The molecular weight excluding hydrogens is 382 g/mol. The maximum atomic E-state index is 12.7. The van der Waals surface area contributed by atoms with Gasteiger partial charge in [-0.2, -0.15) is 0 Å². The minimum absolute atomic E-state index is 0.146. The lowest BCUT2D eigenvalue weighted by Gasteiger charge is -2.31. The molecule has 1 amide bonds. The number of nitrogens with zero attached hydrogens (tertiary/aromatic N) is 2. The first kappa shape index (κ1) is 22.0. The van der Waals surface area contributed by atoms with Crippen LogP contribution in [0.4, 0.5) is 0 Å². The topological polar surface area (TPSA) is 35.6 Å². The van der Waals surface area contributed by atoms with Gasteiger partial charge in [-0.1, -0.05) is 60.5 Å². The second-order valence-corrected chi connectivity index (χ2v) is 9.41. The summed E-state index contributed by atoms with van der Waals surface area (Å²) >= 11 is 0. The van der Waals surface area contributed by atoms with Gasteiger partial charge in [-0.05, 0) is 75.5 Å². The molecule has 2 heterocycles. The highest BCUT2D eigenvalue weighted by molar-refractivity contribution is 5.78. The van der Waals surface area contributed by atoms with Gasteiger partial charge < -0.3 is 5.32 Å². The van der Waals surface area contributed by atoms with E-state index in [0.29, 0.717) is 6.54 Å². The van der Waals surface area contributed by atoms with Crippen molar-refractivity contribution >= 4 is 5.91 Å². The van der Waals surface area contributed by atoms with E-state index in [0.717, 1.165) is 39.0 Å². The van der Waals surface area contributed by atoms with Crippen molar-refractivity contribution in [2.45, 2.75) is 58.7 Å². The zero-order chi connectivity index (χ0) is 21.5. The summed E-state index contributed by atoms with van der Waals surface area (Å²) in [5.74, 6) is 0.361. The van der Waals surface area contributed by atoms with E-state index >= 15 is 0 Å². The van der Waals surface area contributed by atoms with Gasteiger partial charge >= 0.3 is 0 Å². The molecule has 0 aliphatic carbocycles. The average molecular weight is 420 g/mol. The molecule has 2 fully saturated rings. The Morgan fingerprint density at radius 3 is 1.90 bits per heavy atom. The van der Waals surface area contributed by atoms with Gasteiger partial charge in [0.05, 0.1) is 0 Å². The summed E-state index contributed by atoms with van der Waals surface area (Å²) in [4.78, 5) is 17.7. The lowest BCUT2D eigenvalue weighted by Crippen LogP contribution is -2.40. The number of piperidine rings is 2. The van der Waals surface area contributed by atoms with Gasteiger partial charge in [-0.25, -0.2) is 0 Å². The third-order valence-electron chi connectivity index (χ3n) is 6.83. The van der Waals surface area contributed by atoms with E-state index in [1.165, 1.54) is 54.6 Å². The second kappa shape index (κ2) is 10.9. The maximum Gasteiger partial charge on any atom is 0.223 e. The van der Waals surface area contributed by atoms with E-state index in [4.69, 9.17) is 0 Å². The smallest absolute Gasteiger partial charge is 0.223 e. The zero-order valence-electron chi connectivity index (χ0n) is 19.0. The highest BCUT2D eigenvalue weighted by Crippen LogP contribution is 2.20. The molecule has 4 nitrogen and oxygen atoms in total. The van der Waals surface area contributed by atoms with Crippen LogP contribution in [0.3, 0.4) is 0 Å². The molecule has 0 bridgehead atoms. The minimum Gasteiger partial charge on any atom is -0.352 e. The first-order valence-electron chi connectivity index (χ1n) is 12.0. The summed E-state index contributed by atoms with van der Waals surface area (Å²) < 4.78 is 0. The van der Waals surface area contributed by atoms with Gasteiger partial charge in [-0.3, -0.25) is 14.6 Å². The van der Waals surface area contributed by atoms with Crippen molar-refractivity contribution in [1.29, 1.82) is 0 Å².